The summed E-state index contributed by atoms with van der Waals surface area (Å²) >= 11 is 0. The largest absolute Gasteiger partial charge is 0.489 e. The van der Waals surface area contributed by atoms with Gasteiger partial charge in [0.05, 0.1) is 18.7 Å². The average molecular weight is 479 g/mol. The number of hydrogen-bond acceptors (Lipinski definition) is 5. The number of carbonyl (C=O) groups is 2. The van der Waals surface area contributed by atoms with Gasteiger partial charge in [-0.3, -0.25) is 9.59 Å². The first kappa shape index (κ1) is 24.1. The van der Waals surface area contributed by atoms with Crippen LogP contribution in [-0.4, -0.2) is 43.3 Å². The van der Waals surface area contributed by atoms with E-state index in [2.05, 4.69) is 10.2 Å². The summed E-state index contributed by atoms with van der Waals surface area (Å²) in [6.45, 7) is 4.76. The van der Waals surface area contributed by atoms with E-state index in [9.17, 15) is 14.0 Å². The Balaban J connectivity index is 1.43. The summed E-state index contributed by atoms with van der Waals surface area (Å²) in [5.74, 6) is -0.671. The number of halogens is 1. The lowest BCUT2D eigenvalue weighted by Crippen LogP contribution is -2.41. The van der Waals surface area contributed by atoms with Crippen molar-refractivity contribution in [2.75, 3.05) is 30.4 Å². The summed E-state index contributed by atoms with van der Waals surface area (Å²) in [5, 5.41) is 11.7. The lowest BCUT2D eigenvalue weighted by molar-refractivity contribution is -0.136. The average Bonchev–Trinajstić information content (AvgIpc) is 2.82. The van der Waals surface area contributed by atoms with E-state index in [1.54, 1.807) is 12.1 Å². The van der Waals surface area contributed by atoms with E-state index in [0.717, 1.165) is 28.6 Å². The predicted octanol–water partition coefficient (Wildman–Crippen LogP) is 4.60. The number of para-hydroxylation sites is 2. The molecule has 7 nitrogen and oxygen atoms in total. The van der Waals surface area contributed by atoms with E-state index in [1.807, 2.05) is 45.2 Å². The van der Waals surface area contributed by atoms with Crippen LogP contribution in [0.15, 0.2) is 54.6 Å². The molecule has 1 aliphatic rings. The number of aliphatic carboxylic acids is 1. The number of likely N-dealkylation sites (N-methyl/N-ethyl adjacent to an activating group) is 1. The minimum absolute atomic E-state index is 0.00477. The van der Waals surface area contributed by atoms with Crippen LogP contribution in [0, 0.1) is 19.7 Å². The first-order chi connectivity index (χ1) is 16.7. The van der Waals surface area contributed by atoms with Crippen molar-refractivity contribution < 1.29 is 28.6 Å². The molecular weight excluding hydrogens is 451 g/mol. The molecule has 1 amide bonds. The fraction of sp³-hybridized carbons (Fsp3) is 0.259. The second-order valence-corrected chi connectivity index (χ2v) is 8.59. The Hall–Kier alpha value is -4.07. The first-order valence-electron chi connectivity index (χ1n) is 11.2. The molecule has 3 aromatic rings. The molecule has 0 aromatic heterocycles. The first-order valence-corrected chi connectivity index (χ1v) is 11.2. The number of carbonyl (C=O) groups excluding carboxylic acids is 1. The molecule has 1 aliphatic heterocycles. The third kappa shape index (κ3) is 5.37. The van der Waals surface area contributed by atoms with Gasteiger partial charge in [-0.15, -0.1) is 0 Å². The van der Waals surface area contributed by atoms with Gasteiger partial charge in [0.15, 0.2) is 0 Å². The van der Waals surface area contributed by atoms with Gasteiger partial charge in [-0.25, -0.2) is 4.39 Å². The Kier molecular flexibility index (Phi) is 6.91. The van der Waals surface area contributed by atoms with Gasteiger partial charge in [0.2, 0.25) is 0 Å². The van der Waals surface area contributed by atoms with E-state index in [-0.39, 0.29) is 17.6 Å². The number of amides is 1. The zero-order valence-corrected chi connectivity index (χ0v) is 19.8. The summed E-state index contributed by atoms with van der Waals surface area (Å²) in [6, 6.07) is 15.2. The predicted molar refractivity (Wildman–Crippen MR) is 131 cm³/mol. The number of anilines is 2. The molecule has 2 N–H and O–H groups in total. The topological polar surface area (TPSA) is 88.1 Å². The summed E-state index contributed by atoms with van der Waals surface area (Å²) < 4.78 is 26.0. The van der Waals surface area contributed by atoms with Crippen LogP contribution in [-0.2, 0) is 11.2 Å². The smallest absolute Gasteiger partial charge is 0.307 e. The van der Waals surface area contributed by atoms with Crippen LogP contribution < -0.4 is 19.7 Å². The SMILES string of the molecule is Cc1c(OC[C@@H]2CN(C)c3ccccc3O2)ccc(C(=O)Nc2ccc(F)c(CC(=O)O)c2)c1C. The molecule has 0 saturated heterocycles. The highest BCUT2D eigenvalue weighted by atomic mass is 19.1. The molecule has 0 fully saturated rings. The van der Waals surface area contributed by atoms with Crippen LogP contribution in [0.5, 0.6) is 11.5 Å². The monoisotopic (exact) mass is 478 g/mol. The van der Waals surface area contributed by atoms with Gasteiger partial charge in [0.1, 0.15) is 30.0 Å². The molecule has 0 aliphatic carbocycles. The zero-order chi connectivity index (χ0) is 25.1. The van der Waals surface area contributed by atoms with Crippen LogP contribution in [0.1, 0.15) is 27.0 Å². The number of fused-ring (bicyclic) bond motifs is 1. The maximum Gasteiger partial charge on any atom is 0.307 e. The van der Waals surface area contributed by atoms with Crippen LogP contribution in [0.25, 0.3) is 0 Å². The van der Waals surface area contributed by atoms with Crippen molar-refractivity contribution in [1.29, 1.82) is 0 Å². The third-order valence-electron chi connectivity index (χ3n) is 6.10. The van der Waals surface area contributed by atoms with Gasteiger partial charge in [-0.1, -0.05) is 12.1 Å². The van der Waals surface area contributed by atoms with Gasteiger partial charge in [-0.05, 0) is 67.4 Å². The molecule has 8 heteroatoms. The molecule has 0 saturated carbocycles. The normalized spacial score (nSPS) is 14.6. The molecular formula is C27H27FN2O5. The van der Waals surface area contributed by atoms with Crippen molar-refractivity contribution in [3.63, 3.8) is 0 Å². The molecule has 35 heavy (non-hydrogen) atoms. The maximum atomic E-state index is 13.9. The van der Waals surface area contributed by atoms with E-state index >= 15 is 0 Å². The lowest BCUT2D eigenvalue weighted by atomic mass is 10.0. The third-order valence-corrected chi connectivity index (χ3v) is 6.10. The van der Waals surface area contributed by atoms with E-state index in [4.69, 9.17) is 14.6 Å². The van der Waals surface area contributed by atoms with Crippen molar-refractivity contribution in [1.82, 2.24) is 0 Å². The van der Waals surface area contributed by atoms with Crippen molar-refractivity contribution in [3.8, 4) is 11.5 Å². The van der Waals surface area contributed by atoms with Gasteiger partial charge in [0, 0.05) is 23.9 Å². The number of nitrogens with zero attached hydrogens (tertiary/aromatic N) is 1. The Labute approximate surface area is 203 Å². The van der Waals surface area contributed by atoms with Crippen LogP contribution in [0.3, 0.4) is 0 Å². The number of ether oxygens (including phenoxy) is 2. The van der Waals surface area contributed by atoms with Crippen molar-refractivity contribution in [3.05, 3.63) is 82.7 Å². The Morgan fingerprint density at radius 3 is 2.69 bits per heavy atom. The van der Waals surface area contributed by atoms with Crippen LogP contribution >= 0.6 is 0 Å². The number of carboxylic acid groups (broad SMARTS) is 1. The number of carboxylic acids is 1. The van der Waals surface area contributed by atoms with Gasteiger partial charge >= 0.3 is 5.97 Å². The zero-order valence-electron chi connectivity index (χ0n) is 19.8. The summed E-state index contributed by atoms with van der Waals surface area (Å²) in [7, 11) is 2.02. The quantitative estimate of drug-likeness (QED) is 0.516. The minimum atomic E-state index is -1.15. The minimum Gasteiger partial charge on any atom is -0.489 e. The van der Waals surface area contributed by atoms with Crippen LogP contribution in [0.4, 0.5) is 15.8 Å². The summed E-state index contributed by atoms with van der Waals surface area (Å²) in [5.41, 5.74) is 3.39. The molecule has 182 valence electrons. The molecule has 1 atom stereocenters. The highest BCUT2D eigenvalue weighted by Gasteiger charge is 2.24. The molecule has 1 heterocycles. The maximum absolute atomic E-state index is 13.9. The summed E-state index contributed by atoms with van der Waals surface area (Å²) in [6.07, 6.45) is -0.609. The molecule has 0 bridgehead atoms. The van der Waals surface area contributed by atoms with Crippen molar-refractivity contribution >= 4 is 23.3 Å². The van der Waals surface area contributed by atoms with Crippen molar-refractivity contribution in [2.24, 2.45) is 0 Å². The molecule has 0 unspecified atom stereocenters. The second-order valence-electron chi connectivity index (χ2n) is 8.59. The van der Waals surface area contributed by atoms with Crippen molar-refractivity contribution in [2.45, 2.75) is 26.4 Å². The molecule has 0 radical (unpaired) electrons. The highest BCUT2D eigenvalue weighted by molar-refractivity contribution is 6.05. The fourth-order valence-corrected chi connectivity index (χ4v) is 4.11. The highest BCUT2D eigenvalue weighted by Crippen LogP contribution is 2.32. The van der Waals surface area contributed by atoms with E-state index in [1.165, 1.54) is 12.1 Å². The molecule has 0 spiro atoms. The molecule has 3 aromatic carbocycles. The Morgan fingerprint density at radius 1 is 1.14 bits per heavy atom. The van der Waals surface area contributed by atoms with Gasteiger partial charge in [-0.2, -0.15) is 0 Å². The number of benzene rings is 3. The van der Waals surface area contributed by atoms with E-state index < -0.39 is 18.2 Å². The number of rotatable bonds is 7. The van der Waals surface area contributed by atoms with E-state index in [0.29, 0.717) is 30.2 Å². The fourth-order valence-electron chi connectivity index (χ4n) is 4.11. The Morgan fingerprint density at radius 2 is 1.91 bits per heavy atom. The standard InChI is InChI=1S/C27H27FN2O5/c1-16-17(2)24(34-15-20-14-30(3)23-6-4-5-7-25(23)35-20)11-9-21(16)27(33)29-19-8-10-22(28)18(12-19)13-26(31)32/h4-12,20H,13-15H2,1-3H3,(H,29,33)(H,31,32)/t20-/m0/s1. The van der Waals surface area contributed by atoms with Gasteiger partial charge < -0.3 is 24.8 Å². The molecule has 4 rings (SSSR count). The van der Waals surface area contributed by atoms with Gasteiger partial charge in [0.25, 0.3) is 5.91 Å². The number of nitrogens with one attached hydrogen (secondary N) is 1. The Bertz CT molecular complexity index is 1280. The number of hydrogen-bond donors (Lipinski definition) is 2. The second kappa shape index (κ2) is 10.0. The lowest BCUT2D eigenvalue weighted by Gasteiger charge is -2.33. The van der Waals surface area contributed by atoms with Crippen LogP contribution in [0.2, 0.25) is 0 Å². The summed E-state index contributed by atoms with van der Waals surface area (Å²) in [4.78, 5) is 26.0.